The zero-order chi connectivity index (χ0) is 16.4. The third-order valence-electron chi connectivity index (χ3n) is 4.67. The van der Waals surface area contributed by atoms with Crippen LogP contribution in [0, 0.1) is 5.92 Å². The van der Waals surface area contributed by atoms with Gasteiger partial charge in [-0.05, 0) is 61.8 Å². The smallest absolute Gasteiger partial charge is 0.243 e. The SMILES string of the molecule is C[C@H](N)c1ccc(S(=O)(=O)N2CCCCC2)cc1/C=C/C1CC1. The lowest BCUT2D eigenvalue weighted by atomic mass is 10.0. The second kappa shape index (κ2) is 6.75. The molecule has 0 aromatic heterocycles. The van der Waals surface area contributed by atoms with Gasteiger partial charge in [-0.2, -0.15) is 4.31 Å². The van der Waals surface area contributed by atoms with E-state index in [9.17, 15) is 8.42 Å². The fourth-order valence-corrected chi connectivity index (χ4v) is 4.61. The molecule has 0 bridgehead atoms. The van der Waals surface area contributed by atoms with E-state index in [4.69, 9.17) is 5.73 Å². The highest BCUT2D eigenvalue weighted by atomic mass is 32.2. The van der Waals surface area contributed by atoms with Gasteiger partial charge in [0.25, 0.3) is 0 Å². The predicted octanol–water partition coefficient (Wildman–Crippen LogP) is 3.30. The van der Waals surface area contributed by atoms with Crippen molar-refractivity contribution in [2.75, 3.05) is 13.1 Å². The minimum atomic E-state index is -3.39. The Bertz CT molecular complexity index is 685. The van der Waals surface area contributed by atoms with Gasteiger partial charge in [0.05, 0.1) is 4.90 Å². The van der Waals surface area contributed by atoms with Gasteiger partial charge in [0, 0.05) is 19.1 Å². The first kappa shape index (κ1) is 16.7. The van der Waals surface area contributed by atoms with Crippen LogP contribution < -0.4 is 5.73 Å². The molecule has 1 aliphatic heterocycles. The third kappa shape index (κ3) is 3.84. The second-order valence-electron chi connectivity index (χ2n) is 6.74. The third-order valence-corrected chi connectivity index (χ3v) is 6.57. The molecular formula is C18H26N2O2S. The Morgan fingerprint density at radius 1 is 1.22 bits per heavy atom. The fraction of sp³-hybridized carbons (Fsp3) is 0.556. The van der Waals surface area contributed by atoms with Crippen LogP contribution in [-0.2, 0) is 10.0 Å². The standard InChI is InChI=1S/C18H26N2O2S/c1-14(19)18-10-9-17(13-16(18)8-7-15-5-6-15)23(21,22)20-11-3-2-4-12-20/h7-10,13-15H,2-6,11-12,19H2,1H3/b8-7+/t14-/m0/s1. The monoisotopic (exact) mass is 334 g/mol. The molecule has 1 heterocycles. The molecule has 1 aromatic rings. The maximum Gasteiger partial charge on any atom is 0.243 e. The van der Waals surface area contributed by atoms with Gasteiger partial charge in [-0.1, -0.05) is 24.6 Å². The number of rotatable bonds is 5. The number of nitrogens with zero attached hydrogens (tertiary/aromatic N) is 1. The molecule has 1 atom stereocenters. The number of benzene rings is 1. The summed E-state index contributed by atoms with van der Waals surface area (Å²) in [6.07, 6.45) is 9.71. The van der Waals surface area contributed by atoms with Crippen molar-refractivity contribution in [1.29, 1.82) is 0 Å². The largest absolute Gasteiger partial charge is 0.324 e. The molecule has 1 aromatic carbocycles. The van der Waals surface area contributed by atoms with Crippen molar-refractivity contribution < 1.29 is 8.42 Å². The van der Waals surface area contributed by atoms with E-state index in [0.29, 0.717) is 23.9 Å². The van der Waals surface area contributed by atoms with Gasteiger partial charge in [0.2, 0.25) is 10.0 Å². The molecule has 2 fully saturated rings. The Labute approximate surface area is 139 Å². The molecule has 23 heavy (non-hydrogen) atoms. The van der Waals surface area contributed by atoms with Crippen molar-refractivity contribution in [1.82, 2.24) is 4.31 Å². The van der Waals surface area contributed by atoms with Crippen molar-refractivity contribution in [3.8, 4) is 0 Å². The maximum absolute atomic E-state index is 12.8. The number of allylic oxidation sites excluding steroid dienone is 1. The van der Waals surface area contributed by atoms with Gasteiger partial charge in [-0.15, -0.1) is 0 Å². The molecule has 0 unspecified atom stereocenters. The average Bonchev–Trinajstić information content (AvgIpc) is 3.37. The summed E-state index contributed by atoms with van der Waals surface area (Å²) in [5.41, 5.74) is 7.98. The van der Waals surface area contributed by atoms with Crippen LogP contribution >= 0.6 is 0 Å². The van der Waals surface area contributed by atoms with Crippen LogP contribution in [0.25, 0.3) is 6.08 Å². The number of piperidine rings is 1. The lowest BCUT2D eigenvalue weighted by Gasteiger charge is -2.26. The van der Waals surface area contributed by atoms with E-state index in [1.54, 1.807) is 16.4 Å². The highest BCUT2D eigenvalue weighted by Crippen LogP contribution is 2.32. The molecule has 2 aliphatic rings. The molecule has 0 amide bonds. The van der Waals surface area contributed by atoms with Crippen molar-refractivity contribution in [3.05, 3.63) is 35.4 Å². The Hall–Kier alpha value is -1.17. The molecule has 3 rings (SSSR count). The Balaban J connectivity index is 1.94. The van der Waals surface area contributed by atoms with E-state index in [2.05, 4.69) is 6.08 Å². The molecule has 2 N–H and O–H groups in total. The Kier molecular flexibility index (Phi) is 4.90. The molecule has 5 heteroatoms. The molecule has 0 spiro atoms. The molecular weight excluding hydrogens is 308 g/mol. The van der Waals surface area contributed by atoms with Crippen molar-refractivity contribution in [3.63, 3.8) is 0 Å². The highest BCUT2D eigenvalue weighted by molar-refractivity contribution is 7.89. The van der Waals surface area contributed by atoms with Crippen molar-refractivity contribution in [2.45, 2.75) is 50.0 Å². The van der Waals surface area contributed by atoms with Crippen LogP contribution in [0.3, 0.4) is 0 Å². The number of nitrogens with two attached hydrogens (primary N) is 1. The van der Waals surface area contributed by atoms with Gasteiger partial charge >= 0.3 is 0 Å². The number of hydrogen-bond acceptors (Lipinski definition) is 3. The van der Waals surface area contributed by atoms with Crippen molar-refractivity contribution >= 4 is 16.1 Å². The first-order valence-corrected chi connectivity index (χ1v) is 10.0. The molecule has 0 radical (unpaired) electrons. The summed E-state index contributed by atoms with van der Waals surface area (Å²) in [6, 6.07) is 5.26. The first-order valence-electron chi connectivity index (χ1n) is 8.56. The Morgan fingerprint density at radius 2 is 1.91 bits per heavy atom. The average molecular weight is 334 g/mol. The minimum Gasteiger partial charge on any atom is -0.324 e. The van der Waals surface area contributed by atoms with Crippen LogP contribution in [0.2, 0.25) is 0 Å². The van der Waals surface area contributed by atoms with Crippen LogP contribution in [0.4, 0.5) is 0 Å². The highest BCUT2D eigenvalue weighted by Gasteiger charge is 2.26. The first-order chi connectivity index (χ1) is 11.0. The van der Waals surface area contributed by atoms with E-state index in [-0.39, 0.29) is 6.04 Å². The van der Waals surface area contributed by atoms with Gasteiger partial charge in [-0.3, -0.25) is 0 Å². The molecule has 126 valence electrons. The van der Waals surface area contributed by atoms with Gasteiger partial charge in [0.1, 0.15) is 0 Å². The number of sulfonamides is 1. The molecule has 1 saturated carbocycles. The van der Waals surface area contributed by atoms with Crippen molar-refractivity contribution in [2.24, 2.45) is 11.7 Å². The lowest BCUT2D eigenvalue weighted by Crippen LogP contribution is -2.35. The number of hydrogen-bond donors (Lipinski definition) is 1. The predicted molar refractivity (Wildman–Crippen MR) is 93.4 cm³/mol. The van der Waals surface area contributed by atoms with Gasteiger partial charge in [-0.25, -0.2) is 8.42 Å². The fourth-order valence-electron chi connectivity index (χ4n) is 3.06. The van der Waals surface area contributed by atoms with E-state index < -0.39 is 10.0 Å². The van der Waals surface area contributed by atoms with Crippen LogP contribution in [-0.4, -0.2) is 25.8 Å². The normalized spacial score (nSPS) is 21.7. The topological polar surface area (TPSA) is 63.4 Å². The molecule has 1 saturated heterocycles. The quantitative estimate of drug-likeness (QED) is 0.898. The minimum absolute atomic E-state index is 0.111. The van der Waals surface area contributed by atoms with E-state index in [0.717, 1.165) is 30.4 Å². The molecule has 4 nitrogen and oxygen atoms in total. The second-order valence-corrected chi connectivity index (χ2v) is 8.68. The van der Waals surface area contributed by atoms with E-state index >= 15 is 0 Å². The summed E-state index contributed by atoms with van der Waals surface area (Å²) in [4.78, 5) is 0.388. The zero-order valence-corrected chi connectivity index (χ0v) is 14.6. The van der Waals surface area contributed by atoms with E-state index in [1.165, 1.54) is 12.8 Å². The Morgan fingerprint density at radius 3 is 2.52 bits per heavy atom. The van der Waals surface area contributed by atoms with Gasteiger partial charge in [0.15, 0.2) is 0 Å². The zero-order valence-electron chi connectivity index (χ0n) is 13.7. The summed E-state index contributed by atoms with van der Waals surface area (Å²) in [6.45, 7) is 3.19. The van der Waals surface area contributed by atoms with Gasteiger partial charge < -0.3 is 5.73 Å². The summed E-state index contributed by atoms with van der Waals surface area (Å²) in [5, 5.41) is 0. The summed E-state index contributed by atoms with van der Waals surface area (Å²) in [7, 11) is -3.39. The van der Waals surface area contributed by atoms with Crippen LogP contribution in [0.1, 0.15) is 56.2 Å². The summed E-state index contributed by atoms with van der Waals surface area (Å²) >= 11 is 0. The molecule has 1 aliphatic carbocycles. The van der Waals surface area contributed by atoms with Crippen LogP contribution in [0.15, 0.2) is 29.2 Å². The lowest BCUT2D eigenvalue weighted by molar-refractivity contribution is 0.346. The van der Waals surface area contributed by atoms with Crippen LogP contribution in [0.5, 0.6) is 0 Å². The maximum atomic E-state index is 12.8. The van der Waals surface area contributed by atoms with E-state index in [1.807, 2.05) is 19.1 Å². The summed E-state index contributed by atoms with van der Waals surface area (Å²) in [5.74, 6) is 0.651. The summed E-state index contributed by atoms with van der Waals surface area (Å²) < 4.78 is 27.3.